The molecule has 0 saturated carbocycles. The van der Waals surface area contributed by atoms with Gasteiger partial charge in [-0.15, -0.1) is 12.4 Å². The van der Waals surface area contributed by atoms with Crippen LogP contribution in [0.15, 0.2) is 18.3 Å². The Labute approximate surface area is 120 Å². The number of nitrogens with two attached hydrogens (primary N) is 1. The van der Waals surface area contributed by atoms with Crippen LogP contribution in [0.25, 0.3) is 0 Å². The summed E-state index contributed by atoms with van der Waals surface area (Å²) in [4.78, 5) is 18.4. The normalized spacial score (nSPS) is 17.7. The molecule has 1 aliphatic heterocycles. The summed E-state index contributed by atoms with van der Waals surface area (Å²) in [6.45, 7) is 6.56. The van der Waals surface area contributed by atoms with E-state index in [1.165, 1.54) is 0 Å². The molecule has 1 amide bonds. The summed E-state index contributed by atoms with van der Waals surface area (Å²) < 4.78 is 0. The van der Waals surface area contributed by atoms with E-state index in [1.54, 1.807) is 18.3 Å². The van der Waals surface area contributed by atoms with E-state index in [-0.39, 0.29) is 18.3 Å². The van der Waals surface area contributed by atoms with E-state index in [0.29, 0.717) is 17.5 Å². The molecule has 0 unspecified atom stereocenters. The first kappa shape index (κ1) is 15.9. The lowest BCUT2D eigenvalue weighted by atomic mass is 9.82. The number of aromatic nitrogens is 1. The van der Waals surface area contributed by atoms with E-state index in [1.807, 2.05) is 4.90 Å². The van der Waals surface area contributed by atoms with Crippen LogP contribution in [0, 0.1) is 5.41 Å². The second-order valence-corrected chi connectivity index (χ2v) is 5.70. The zero-order chi connectivity index (χ0) is 13.2. The Balaban J connectivity index is 0.00000180. The molecule has 0 bridgehead atoms. The van der Waals surface area contributed by atoms with Crippen molar-refractivity contribution >= 4 is 18.3 Å². The number of carbonyl (C=O) groups is 1. The Morgan fingerprint density at radius 2 is 2.05 bits per heavy atom. The van der Waals surface area contributed by atoms with Crippen LogP contribution in [0.2, 0.25) is 0 Å². The molecule has 0 spiro atoms. The number of nitrogens with zero attached hydrogens (tertiary/aromatic N) is 2. The Morgan fingerprint density at radius 3 is 2.63 bits per heavy atom. The van der Waals surface area contributed by atoms with Gasteiger partial charge in [0.1, 0.15) is 0 Å². The molecule has 0 radical (unpaired) electrons. The average molecular weight is 284 g/mol. The fourth-order valence-corrected chi connectivity index (χ4v) is 2.22. The summed E-state index contributed by atoms with van der Waals surface area (Å²) in [5.41, 5.74) is 7.37. The largest absolute Gasteiger partial charge is 0.339 e. The molecule has 0 aromatic carbocycles. The third-order valence-corrected chi connectivity index (χ3v) is 3.68. The van der Waals surface area contributed by atoms with Crippen molar-refractivity contribution in [3.8, 4) is 0 Å². The zero-order valence-corrected chi connectivity index (χ0v) is 12.4. The number of pyridine rings is 1. The summed E-state index contributed by atoms with van der Waals surface area (Å²) in [5, 5.41) is 0. The molecule has 2 heterocycles. The molecule has 106 valence electrons. The van der Waals surface area contributed by atoms with Gasteiger partial charge in [0.25, 0.3) is 5.91 Å². The maximum absolute atomic E-state index is 12.3. The van der Waals surface area contributed by atoms with E-state index >= 15 is 0 Å². The van der Waals surface area contributed by atoms with Gasteiger partial charge in [0, 0.05) is 31.4 Å². The van der Waals surface area contributed by atoms with Gasteiger partial charge in [-0.25, -0.2) is 0 Å². The lowest BCUT2D eigenvalue weighted by molar-refractivity contribution is 0.0630. The Bertz CT molecular complexity index is 438. The predicted molar refractivity (Wildman–Crippen MR) is 78.3 cm³/mol. The van der Waals surface area contributed by atoms with Crippen LogP contribution < -0.4 is 5.73 Å². The molecule has 0 aliphatic carbocycles. The molecule has 1 fully saturated rings. The van der Waals surface area contributed by atoms with E-state index in [4.69, 9.17) is 5.73 Å². The number of amides is 1. The van der Waals surface area contributed by atoms with Gasteiger partial charge in [-0.05, 0) is 30.4 Å². The fraction of sp³-hybridized carbons (Fsp3) is 0.571. The maximum Gasteiger partial charge on any atom is 0.253 e. The minimum Gasteiger partial charge on any atom is -0.339 e. The first-order chi connectivity index (χ1) is 8.52. The summed E-state index contributed by atoms with van der Waals surface area (Å²) in [7, 11) is 0. The lowest BCUT2D eigenvalue weighted by Gasteiger charge is -2.37. The van der Waals surface area contributed by atoms with Crippen molar-refractivity contribution in [2.45, 2.75) is 33.2 Å². The van der Waals surface area contributed by atoms with Gasteiger partial charge >= 0.3 is 0 Å². The van der Waals surface area contributed by atoms with E-state index in [0.717, 1.165) is 31.6 Å². The molecule has 1 aliphatic rings. The maximum atomic E-state index is 12.3. The monoisotopic (exact) mass is 283 g/mol. The van der Waals surface area contributed by atoms with Gasteiger partial charge in [-0.3, -0.25) is 9.78 Å². The van der Waals surface area contributed by atoms with Crippen LogP contribution in [-0.2, 0) is 6.54 Å². The standard InChI is InChI=1S/C14H21N3O.ClH/c1-14(2)4-7-17(8-5-14)13(18)11-3-6-16-12(9-11)10-15;/h3,6,9H,4-5,7-8,10,15H2,1-2H3;1H. The molecular formula is C14H22ClN3O. The number of likely N-dealkylation sites (tertiary alicyclic amines) is 1. The van der Waals surface area contributed by atoms with Crippen molar-refractivity contribution in [3.05, 3.63) is 29.6 Å². The van der Waals surface area contributed by atoms with Crippen LogP contribution in [0.4, 0.5) is 0 Å². The number of carbonyl (C=O) groups excluding carboxylic acids is 1. The molecule has 19 heavy (non-hydrogen) atoms. The van der Waals surface area contributed by atoms with Gasteiger partial charge in [0.05, 0.1) is 5.69 Å². The molecule has 5 heteroatoms. The lowest BCUT2D eigenvalue weighted by Crippen LogP contribution is -2.41. The second-order valence-electron chi connectivity index (χ2n) is 5.70. The van der Waals surface area contributed by atoms with Crippen molar-refractivity contribution in [1.29, 1.82) is 0 Å². The van der Waals surface area contributed by atoms with Crippen molar-refractivity contribution < 1.29 is 4.79 Å². The van der Waals surface area contributed by atoms with Gasteiger partial charge in [-0.2, -0.15) is 0 Å². The number of halogens is 1. The summed E-state index contributed by atoms with van der Waals surface area (Å²) >= 11 is 0. The Hall–Kier alpha value is -1.13. The topological polar surface area (TPSA) is 59.2 Å². The molecular weight excluding hydrogens is 262 g/mol. The van der Waals surface area contributed by atoms with Gasteiger partial charge < -0.3 is 10.6 Å². The highest BCUT2D eigenvalue weighted by atomic mass is 35.5. The van der Waals surface area contributed by atoms with Crippen LogP contribution in [0.5, 0.6) is 0 Å². The molecule has 1 saturated heterocycles. The third-order valence-electron chi connectivity index (χ3n) is 3.68. The quantitative estimate of drug-likeness (QED) is 0.905. The van der Waals surface area contributed by atoms with Crippen molar-refractivity contribution in [2.24, 2.45) is 11.1 Å². The number of rotatable bonds is 2. The molecule has 1 aromatic heterocycles. The summed E-state index contributed by atoms with van der Waals surface area (Å²) in [6.07, 6.45) is 3.78. The first-order valence-electron chi connectivity index (χ1n) is 6.46. The third kappa shape index (κ3) is 3.91. The molecule has 4 nitrogen and oxygen atoms in total. The highest BCUT2D eigenvalue weighted by Crippen LogP contribution is 2.30. The summed E-state index contributed by atoms with van der Waals surface area (Å²) in [5.74, 6) is 0.0996. The van der Waals surface area contributed by atoms with Crippen LogP contribution >= 0.6 is 12.4 Å². The van der Waals surface area contributed by atoms with E-state index in [9.17, 15) is 4.79 Å². The molecule has 2 rings (SSSR count). The van der Waals surface area contributed by atoms with Crippen molar-refractivity contribution in [1.82, 2.24) is 9.88 Å². The number of hydrogen-bond acceptors (Lipinski definition) is 3. The predicted octanol–water partition coefficient (Wildman–Crippen LogP) is 2.22. The molecule has 1 aromatic rings. The number of hydrogen-bond donors (Lipinski definition) is 1. The Kier molecular flexibility index (Phi) is 5.32. The van der Waals surface area contributed by atoms with Crippen molar-refractivity contribution in [3.63, 3.8) is 0 Å². The van der Waals surface area contributed by atoms with Gasteiger partial charge in [0.2, 0.25) is 0 Å². The summed E-state index contributed by atoms with van der Waals surface area (Å²) in [6, 6.07) is 3.56. The highest BCUT2D eigenvalue weighted by molar-refractivity contribution is 5.94. The zero-order valence-electron chi connectivity index (χ0n) is 11.6. The van der Waals surface area contributed by atoms with Gasteiger partial charge in [0.15, 0.2) is 0 Å². The molecule has 0 atom stereocenters. The highest BCUT2D eigenvalue weighted by Gasteiger charge is 2.28. The number of piperidine rings is 1. The van der Waals surface area contributed by atoms with Crippen molar-refractivity contribution in [2.75, 3.05) is 13.1 Å². The van der Waals surface area contributed by atoms with Crippen LogP contribution in [0.1, 0.15) is 42.7 Å². The Morgan fingerprint density at radius 1 is 1.42 bits per heavy atom. The van der Waals surface area contributed by atoms with E-state index < -0.39 is 0 Å². The fourth-order valence-electron chi connectivity index (χ4n) is 2.22. The van der Waals surface area contributed by atoms with Crippen LogP contribution in [-0.4, -0.2) is 28.9 Å². The first-order valence-corrected chi connectivity index (χ1v) is 6.46. The van der Waals surface area contributed by atoms with Crippen LogP contribution in [0.3, 0.4) is 0 Å². The molecule has 2 N–H and O–H groups in total. The SMILES string of the molecule is CC1(C)CCN(C(=O)c2ccnc(CN)c2)CC1.Cl. The minimum atomic E-state index is 0. The smallest absolute Gasteiger partial charge is 0.253 e. The van der Waals surface area contributed by atoms with E-state index in [2.05, 4.69) is 18.8 Å². The van der Waals surface area contributed by atoms with Gasteiger partial charge in [-0.1, -0.05) is 13.8 Å². The second kappa shape index (κ2) is 6.35. The minimum absolute atomic E-state index is 0. The average Bonchev–Trinajstić information content (AvgIpc) is 2.38.